The van der Waals surface area contributed by atoms with E-state index in [2.05, 4.69) is 36.3 Å². The third kappa shape index (κ3) is 3.44. The minimum atomic E-state index is -0.812. The summed E-state index contributed by atoms with van der Waals surface area (Å²) in [5.74, 6) is -1.24. The van der Waals surface area contributed by atoms with Crippen LogP contribution in [0.5, 0.6) is 0 Å². The first-order valence-electron chi connectivity index (χ1n) is 5.11. The molecular weight excluding hydrogens is 226 g/mol. The number of carboxylic acids is 1. The van der Waals surface area contributed by atoms with Crippen molar-refractivity contribution in [3.05, 3.63) is 5.01 Å². The van der Waals surface area contributed by atoms with Crippen molar-refractivity contribution in [1.29, 1.82) is 0 Å². The maximum atomic E-state index is 10.6. The van der Waals surface area contributed by atoms with Crippen molar-refractivity contribution < 1.29 is 9.90 Å². The van der Waals surface area contributed by atoms with Gasteiger partial charge in [-0.25, -0.2) is 0 Å². The Balaban J connectivity index is 2.57. The lowest BCUT2D eigenvalue weighted by atomic mass is 9.98. The van der Waals surface area contributed by atoms with E-state index in [0.717, 1.165) is 5.01 Å². The van der Waals surface area contributed by atoms with Gasteiger partial charge in [-0.2, -0.15) is 0 Å². The summed E-state index contributed by atoms with van der Waals surface area (Å²) in [5.41, 5.74) is -0.0178. The molecule has 1 aromatic heterocycles. The summed E-state index contributed by atoms with van der Waals surface area (Å²) in [6.45, 7) is 8.22. The van der Waals surface area contributed by atoms with Crippen LogP contribution in [-0.2, 0) is 10.2 Å². The Morgan fingerprint density at radius 1 is 1.50 bits per heavy atom. The number of carbonyl (C=O) groups is 1. The number of nitrogens with one attached hydrogen (secondary N) is 1. The van der Waals surface area contributed by atoms with E-state index in [1.54, 1.807) is 6.92 Å². The average Bonchev–Trinajstić information content (AvgIpc) is 2.61. The molecule has 0 radical (unpaired) electrons. The van der Waals surface area contributed by atoms with Gasteiger partial charge in [0.1, 0.15) is 5.01 Å². The maximum absolute atomic E-state index is 10.6. The molecule has 1 heterocycles. The monoisotopic (exact) mass is 243 g/mol. The molecule has 0 spiro atoms. The molecule has 0 fully saturated rings. The highest BCUT2D eigenvalue weighted by atomic mass is 32.1. The van der Waals surface area contributed by atoms with Crippen molar-refractivity contribution in [2.24, 2.45) is 5.92 Å². The van der Waals surface area contributed by atoms with Crippen LogP contribution in [0, 0.1) is 5.92 Å². The first-order chi connectivity index (χ1) is 7.30. The van der Waals surface area contributed by atoms with Crippen LogP contribution in [0.15, 0.2) is 0 Å². The van der Waals surface area contributed by atoms with E-state index in [9.17, 15) is 4.79 Å². The quantitative estimate of drug-likeness (QED) is 0.845. The predicted octanol–water partition coefficient (Wildman–Crippen LogP) is 1.97. The molecule has 1 rings (SSSR count). The maximum Gasteiger partial charge on any atom is 0.308 e. The summed E-state index contributed by atoms with van der Waals surface area (Å²) in [7, 11) is 0. The molecule has 0 amide bonds. The second-order valence-electron chi connectivity index (χ2n) is 4.78. The highest BCUT2D eigenvalue weighted by Crippen LogP contribution is 2.27. The molecular formula is C10H17N3O2S. The van der Waals surface area contributed by atoms with E-state index in [1.165, 1.54) is 11.3 Å². The average molecular weight is 243 g/mol. The number of carboxylic acid groups (broad SMARTS) is 1. The van der Waals surface area contributed by atoms with Gasteiger partial charge in [-0.05, 0) is 0 Å². The van der Waals surface area contributed by atoms with E-state index in [4.69, 9.17) is 5.11 Å². The minimum Gasteiger partial charge on any atom is -0.481 e. The van der Waals surface area contributed by atoms with Crippen LogP contribution >= 0.6 is 11.3 Å². The molecule has 6 heteroatoms. The fourth-order valence-electron chi connectivity index (χ4n) is 0.925. The zero-order chi connectivity index (χ0) is 12.3. The number of aromatic nitrogens is 2. The number of hydrogen-bond acceptors (Lipinski definition) is 5. The highest BCUT2D eigenvalue weighted by Gasteiger charge is 2.19. The van der Waals surface area contributed by atoms with Crippen molar-refractivity contribution in [1.82, 2.24) is 10.2 Å². The standard InChI is InChI=1S/C10H17N3O2S/c1-6(7(14)15)5-11-9-13-12-8(16-9)10(2,3)4/h6H,5H2,1-4H3,(H,11,13)(H,14,15). The SMILES string of the molecule is CC(CNc1nnc(C(C)(C)C)s1)C(=O)O. The van der Waals surface area contributed by atoms with E-state index in [0.29, 0.717) is 11.7 Å². The summed E-state index contributed by atoms with van der Waals surface area (Å²) in [4.78, 5) is 10.6. The van der Waals surface area contributed by atoms with E-state index >= 15 is 0 Å². The predicted molar refractivity (Wildman–Crippen MR) is 63.9 cm³/mol. The van der Waals surface area contributed by atoms with Crippen LogP contribution in [0.1, 0.15) is 32.7 Å². The third-order valence-electron chi connectivity index (χ3n) is 2.05. The molecule has 0 bridgehead atoms. The zero-order valence-corrected chi connectivity index (χ0v) is 10.8. The summed E-state index contributed by atoms with van der Waals surface area (Å²) in [6, 6.07) is 0. The fourth-order valence-corrected chi connectivity index (χ4v) is 1.73. The van der Waals surface area contributed by atoms with Gasteiger partial charge in [0.2, 0.25) is 5.13 Å². The third-order valence-corrected chi connectivity index (χ3v) is 3.35. The van der Waals surface area contributed by atoms with Gasteiger partial charge < -0.3 is 10.4 Å². The van der Waals surface area contributed by atoms with E-state index < -0.39 is 11.9 Å². The van der Waals surface area contributed by atoms with Crippen LogP contribution in [0.2, 0.25) is 0 Å². The Labute approximate surface area is 98.9 Å². The molecule has 5 nitrogen and oxygen atoms in total. The van der Waals surface area contributed by atoms with Gasteiger partial charge in [0.25, 0.3) is 0 Å². The van der Waals surface area contributed by atoms with Crippen LogP contribution in [0.4, 0.5) is 5.13 Å². The molecule has 0 saturated heterocycles. The molecule has 0 aliphatic heterocycles. The molecule has 1 atom stereocenters. The lowest BCUT2D eigenvalue weighted by molar-refractivity contribution is -0.140. The Morgan fingerprint density at radius 3 is 2.56 bits per heavy atom. The fraction of sp³-hybridized carbons (Fsp3) is 0.700. The topological polar surface area (TPSA) is 75.1 Å². The van der Waals surface area contributed by atoms with Gasteiger partial charge in [-0.3, -0.25) is 4.79 Å². The van der Waals surface area contributed by atoms with Gasteiger partial charge in [0, 0.05) is 12.0 Å². The minimum absolute atomic E-state index is 0.0178. The summed E-state index contributed by atoms with van der Waals surface area (Å²) >= 11 is 1.47. The Kier molecular flexibility index (Phi) is 3.85. The summed E-state index contributed by atoms with van der Waals surface area (Å²) < 4.78 is 0. The first-order valence-corrected chi connectivity index (χ1v) is 5.93. The molecule has 0 aliphatic carbocycles. The normalized spacial score (nSPS) is 13.5. The van der Waals surface area contributed by atoms with Crippen LogP contribution in [0.25, 0.3) is 0 Å². The molecule has 2 N–H and O–H groups in total. The van der Waals surface area contributed by atoms with Gasteiger partial charge >= 0.3 is 5.97 Å². The molecule has 0 aliphatic rings. The van der Waals surface area contributed by atoms with Crippen LogP contribution in [-0.4, -0.2) is 27.8 Å². The number of nitrogens with zero attached hydrogens (tertiary/aromatic N) is 2. The molecule has 0 aromatic carbocycles. The lowest BCUT2D eigenvalue weighted by Crippen LogP contribution is -2.19. The molecule has 16 heavy (non-hydrogen) atoms. The molecule has 90 valence electrons. The smallest absolute Gasteiger partial charge is 0.308 e. The second-order valence-corrected chi connectivity index (χ2v) is 5.76. The number of anilines is 1. The van der Waals surface area contributed by atoms with Crippen LogP contribution < -0.4 is 5.32 Å². The molecule has 1 unspecified atom stereocenters. The number of aliphatic carboxylic acids is 1. The van der Waals surface area contributed by atoms with Crippen molar-refractivity contribution >= 4 is 22.4 Å². The number of rotatable bonds is 4. The lowest BCUT2D eigenvalue weighted by Gasteiger charge is -2.12. The summed E-state index contributed by atoms with van der Waals surface area (Å²) in [6.07, 6.45) is 0. The van der Waals surface area contributed by atoms with Gasteiger partial charge in [-0.15, -0.1) is 10.2 Å². The Bertz CT molecular complexity index is 370. The van der Waals surface area contributed by atoms with Gasteiger partial charge in [0.05, 0.1) is 5.92 Å². The van der Waals surface area contributed by atoms with Gasteiger partial charge in [0.15, 0.2) is 0 Å². The van der Waals surface area contributed by atoms with Crippen molar-refractivity contribution in [3.8, 4) is 0 Å². The Hall–Kier alpha value is -1.17. The van der Waals surface area contributed by atoms with Crippen molar-refractivity contribution in [2.45, 2.75) is 33.1 Å². The molecule has 0 saturated carbocycles. The Morgan fingerprint density at radius 2 is 2.12 bits per heavy atom. The highest BCUT2D eigenvalue weighted by molar-refractivity contribution is 7.15. The van der Waals surface area contributed by atoms with Crippen molar-refractivity contribution in [3.63, 3.8) is 0 Å². The molecule has 1 aromatic rings. The zero-order valence-electron chi connectivity index (χ0n) is 9.94. The van der Waals surface area contributed by atoms with Gasteiger partial charge in [-0.1, -0.05) is 39.0 Å². The van der Waals surface area contributed by atoms with Crippen molar-refractivity contribution in [2.75, 3.05) is 11.9 Å². The second kappa shape index (κ2) is 4.78. The van der Waals surface area contributed by atoms with E-state index in [-0.39, 0.29) is 5.41 Å². The van der Waals surface area contributed by atoms with E-state index in [1.807, 2.05) is 0 Å². The summed E-state index contributed by atoms with van der Waals surface area (Å²) in [5, 5.41) is 21.4. The van der Waals surface area contributed by atoms with Crippen LogP contribution in [0.3, 0.4) is 0 Å². The number of hydrogen-bond donors (Lipinski definition) is 2. The first kappa shape index (κ1) is 12.9. The largest absolute Gasteiger partial charge is 0.481 e.